The average molecular weight is 481 g/mol. The molecule has 1 fully saturated rings. The van der Waals surface area contributed by atoms with Gasteiger partial charge in [0.1, 0.15) is 0 Å². The fourth-order valence-corrected chi connectivity index (χ4v) is 5.62. The second-order valence-electron chi connectivity index (χ2n) is 9.40. The van der Waals surface area contributed by atoms with Gasteiger partial charge < -0.3 is 14.8 Å². The normalized spacial score (nSPS) is 17.6. The molecule has 35 heavy (non-hydrogen) atoms. The largest absolute Gasteiger partial charge is 0.351 e. The second kappa shape index (κ2) is 9.31. The number of aryl methyl sites for hydroxylation is 3. The van der Waals surface area contributed by atoms with Crippen LogP contribution in [0, 0.1) is 27.7 Å². The van der Waals surface area contributed by atoms with E-state index in [1.54, 1.807) is 0 Å². The molecule has 0 aliphatic carbocycles. The van der Waals surface area contributed by atoms with Crippen LogP contribution in [-0.2, 0) is 6.42 Å². The molecule has 4 aromatic rings. The maximum absolute atomic E-state index is 5.93. The number of hydrogen-bond acceptors (Lipinski definition) is 2. The van der Waals surface area contributed by atoms with Gasteiger partial charge in [0.05, 0.1) is 17.8 Å². The van der Waals surface area contributed by atoms with Crippen molar-refractivity contribution in [2.75, 3.05) is 4.90 Å². The van der Waals surface area contributed by atoms with E-state index >= 15 is 0 Å². The molecule has 1 N–H and O–H groups in total. The lowest BCUT2D eigenvalue weighted by atomic mass is 9.96. The Morgan fingerprint density at radius 1 is 0.943 bits per heavy atom. The zero-order valence-electron chi connectivity index (χ0n) is 21.0. The van der Waals surface area contributed by atoms with Crippen molar-refractivity contribution in [2.24, 2.45) is 0 Å². The average Bonchev–Trinajstić information content (AvgIpc) is 3.36. The first-order chi connectivity index (χ1) is 16.9. The maximum Gasteiger partial charge on any atom is 0.174 e. The molecule has 0 amide bonds. The van der Waals surface area contributed by atoms with Gasteiger partial charge in [0.2, 0.25) is 0 Å². The number of nitrogens with zero attached hydrogens (tertiary/aromatic N) is 3. The first-order valence-corrected chi connectivity index (χ1v) is 12.7. The Balaban J connectivity index is 1.68. The van der Waals surface area contributed by atoms with Gasteiger partial charge in [-0.05, 0) is 105 Å². The van der Waals surface area contributed by atoms with Crippen LogP contribution in [0.2, 0.25) is 0 Å². The van der Waals surface area contributed by atoms with Crippen LogP contribution in [0.4, 0.5) is 5.69 Å². The lowest BCUT2D eigenvalue weighted by Crippen LogP contribution is -2.29. The molecular formula is C30H32N4S. The predicted octanol–water partition coefficient (Wildman–Crippen LogP) is 6.85. The lowest BCUT2D eigenvalue weighted by Gasteiger charge is -2.28. The van der Waals surface area contributed by atoms with E-state index in [0.717, 1.165) is 22.9 Å². The van der Waals surface area contributed by atoms with E-state index in [9.17, 15) is 0 Å². The minimum Gasteiger partial charge on any atom is -0.351 e. The van der Waals surface area contributed by atoms with Crippen LogP contribution in [-0.4, -0.2) is 14.7 Å². The number of pyridine rings is 1. The Labute approximate surface area is 213 Å². The van der Waals surface area contributed by atoms with Crippen molar-refractivity contribution in [3.05, 3.63) is 112 Å². The molecule has 2 atom stereocenters. The highest BCUT2D eigenvalue weighted by molar-refractivity contribution is 7.80. The van der Waals surface area contributed by atoms with E-state index in [-0.39, 0.29) is 12.1 Å². The van der Waals surface area contributed by atoms with E-state index in [4.69, 9.17) is 17.2 Å². The molecule has 0 unspecified atom stereocenters. The number of anilines is 1. The Hall–Kier alpha value is -3.44. The third-order valence-corrected chi connectivity index (χ3v) is 7.64. The highest BCUT2D eigenvalue weighted by atomic mass is 32.1. The molecule has 0 radical (unpaired) electrons. The number of nitrogens with one attached hydrogen (secondary N) is 1. The zero-order valence-corrected chi connectivity index (χ0v) is 21.9. The molecule has 2 aromatic carbocycles. The first kappa shape index (κ1) is 23.3. The SMILES string of the molecule is CCc1ccc(N2C(=S)N[C@@H](c3ccccn3)[C@H]2c2cc(C)n(-c3cccc(C)c3C)c2C)cc1. The number of benzene rings is 2. The molecule has 1 saturated heterocycles. The van der Waals surface area contributed by atoms with E-state index in [2.05, 4.69) is 104 Å². The Bertz CT molecular complexity index is 1370. The Morgan fingerprint density at radius 3 is 2.40 bits per heavy atom. The fraction of sp³-hybridized carbons (Fsp3) is 0.267. The summed E-state index contributed by atoms with van der Waals surface area (Å²) in [6, 6.07) is 23.6. The van der Waals surface area contributed by atoms with Crippen molar-refractivity contribution in [1.82, 2.24) is 14.9 Å². The smallest absolute Gasteiger partial charge is 0.174 e. The van der Waals surface area contributed by atoms with Crippen molar-refractivity contribution in [1.29, 1.82) is 0 Å². The first-order valence-electron chi connectivity index (χ1n) is 12.3. The van der Waals surface area contributed by atoms with Crippen LogP contribution in [0.15, 0.2) is 72.9 Å². The minimum atomic E-state index is -0.0536. The van der Waals surface area contributed by atoms with E-state index in [0.29, 0.717) is 0 Å². The van der Waals surface area contributed by atoms with Crippen LogP contribution in [0.3, 0.4) is 0 Å². The van der Waals surface area contributed by atoms with Gasteiger partial charge in [-0.25, -0.2) is 0 Å². The highest BCUT2D eigenvalue weighted by Gasteiger charge is 2.42. The van der Waals surface area contributed by atoms with Crippen LogP contribution in [0.5, 0.6) is 0 Å². The molecular weight excluding hydrogens is 448 g/mol. The summed E-state index contributed by atoms with van der Waals surface area (Å²) in [7, 11) is 0. The third-order valence-electron chi connectivity index (χ3n) is 7.33. The summed E-state index contributed by atoms with van der Waals surface area (Å²) in [5.41, 5.74) is 10.9. The standard InChI is InChI=1S/C30H32N4S/c1-6-23-13-15-24(16-14-23)34-29(28(32-30(34)35)26-11-7-8-17-31-26)25-18-20(3)33(22(25)5)27-12-9-10-19(2)21(27)4/h7-18,28-29H,6H2,1-5H3,(H,32,35)/t28-,29+/m0/s1. The summed E-state index contributed by atoms with van der Waals surface area (Å²) in [5.74, 6) is 0. The summed E-state index contributed by atoms with van der Waals surface area (Å²) < 4.78 is 2.38. The van der Waals surface area contributed by atoms with Crippen molar-refractivity contribution in [3.63, 3.8) is 0 Å². The van der Waals surface area contributed by atoms with Gasteiger partial charge in [-0.3, -0.25) is 4.98 Å². The summed E-state index contributed by atoms with van der Waals surface area (Å²) in [5, 5.41) is 4.33. The molecule has 0 bridgehead atoms. The monoisotopic (exact) mass is 480 g/mol. The molecule has 3 heterocycles. The van der Waals surface area contributed by atoms with Gasteiger partial charge in [0.15, 0.2) is 5.11 Å². The minimum absolute atomic E-state index is 0.0186. The van der Waals surface area contributed by atoms with Crippen molar-refractivity contribution >= 4 is 23.0 Å². The van der Waals surface area contributed by atoms with Crippen LogP contribution in [0.1, 0.15) is 58.3 Å². The van der Waals surface area contributed by atoms with Gasteiger partial charge >= 0.3 is 0 Å². The summed E-state index contributed by atoms with van der Waals surface area (Å²) in [6.45, 7) is 11.0. The molecule has 1 aliphatic rings. The van der Waals surface area contributed by atoms with Crippen LogP contribution in [0.25, 0.3) is 5.69 Å². The molecule has 2 aromatic heterocycles. The molecule has 0 spiro atoms. The number of thiocarbonyl (C=S) groups is 1. The van der Waals surface area contributed by atoms with Gasteiger partial charge in [0, 0.05) is 29.0 Å². The Kier molecular flexibility index (Phi) is 6.20. The molecule has 5 heteroatoms. The van der Waals surface area contributed by atoms with E-state index in [1.807, 2.05) is 18.3 Å². The van der Waals surface area contributed by atoms with Gasteiger partial charge in [-0.2, -0.15) is 0 Å². The topological polar surface area (TPSA) is 33.1 Å². The van der Waals surface area contributed by atoms with Crippen molar-refractivity contribution < 1.29 is 0 Å². The van der Waals surface area contributed by atoms with Gasteiger partial charge in [0.25, 0.3) is 0 Å². The van der Waals surface area contributed by atoms with E-state index in [1.165, 1.54) is 39.3 Å². The number of aromatic nitrogens is 2. The summed E-state index contributed by atoms with van der Waals surface area (Å²) >= 11 is 5.93. The molecule has 0 saturated carbocycles. The van der Waals surface area contributed by atoms with Crippen LogP contribution >= 0.6 is 12.2 Å². The predicted molar refractivity (Wildman–Crippen MR) is 148 cm³/mol. The summed E-state index contributed by atoms with van der Waals surface area (Å²) in [6.07, 6.45) is 2.87. The molecule has 5 rings (SSSR count). The number of rotatable bonds is 5. The van der Waals surface area contributed by atoms with Gasteiger partial charge in [-0.15, -0.1) is 0 Å². The van der Waals surface area contributed by atoms with Crippen molar-refractivity contribution in [2.45, 2.75) is 53.1 Å². The fourth-order valence-electron chi connectivity index (χ4n) is 5.28. The molecule has 4 nitrogen and oxygen atoms in total. The zero-order chi connectivity index (χ0) is 24.7. The quantitative estimate of drug-likeness (QED) is 0.317. The molecule has 1 aliphatic heterocycles. The molecule has 178 valence electrons. The Morgan fingerprint density at radius 2 is 1.71 bits per heavy atom. The number of hydrogen-bond donors (Lipinski definition) is 1. The second-order valence-corrected chi connectivity index (χ2v) is 9.78. The highest BCUT2D eigenvalue weighted by Crippen LogP contribution is 2.44. The summed E-state index contributed by atoms with van der Waals surface area (Å²) in [4.78, 5) is 6.98. The van der Waals surface area contributed by atoms with Crippen molar-refractivity contribution in [3.8, 4) is 5.69 Å². The third kappa shape index (κ3) is 4.04. The van der Waals surface area contributed by atoms with Crippen LogP contribution < -0.4 is 10.2 Å². The maximum atomic E-state index is 5.93. The van der Waals surface area contributed by atoms with Gasteiger partial charge in [-0.1, -0.05) is 37.3 Å². The lowest BCUT2D eigenvalue weighted by molar-refractivity contribution is 0.565. The van der Waals surface area contributed by atoms with E-state index < -0.39 is 0 Å².